The second-order valence-electron chi connectivity index (χ2n) is 5.61. The molecule has 0 saturated heterocycles. The third-order valence-electron chi connectivity index (χ3n) is 3.77. The van der Waals surface area contributed by atoms with Crippen molar-refractivity contribution in [2.24, 2.45) is 0 Å². The van der Waals surface area contributed by atoms with Gasteiger partial charge in [0.25, 0.3) is 0 Å². The number of hydrogen-bond acceptors (Lipinski definition) is 4. The molecule has 1 amide bonds. The smallest absolute Gasteiger partial charge is 0.247 e. The number of benzene rings is 2. The molecule has 0 aliphatic carbocycles. The first-order valence-electron chi connectivity index (χ1n) is 8.11. The molecule has 5 nitrogen and oxygen atoms in total. The monoisotopic (exact) mass is 339 g/mol. The van der Waals surface area contributed by atoms with E-state index in [1.807, 2.05) is 24.3 Å². The van der Waals surface area contributed by atoms with Crippen molar-refractivity contribution in [3.8, 4) is 11.5 Å². The lowest BCUT2D eigenvalue weighted by Crippen LogP contribution is -2.12. The van der Waals surface area contributed by atoms with E-state index in [1.165, 1.54) is 17.7 Å². The molecule has 0 spiro atoms. The summed E-state index contributed by atoms with van der Waals surface area (Å²) in [6.45, 7) is 2.08. The van der Waals surface area contributed by atoms with Gasteiger partial charge < -0.3 is 9.73 Å². The first kappa shape index (κ1) is 16.8. The van der Waals surface area contributed by atoms with Crippen LogP contribution >= 0.6 is 0 Å². The van der Waals surface area contributed by atoms with Gasteiger partial charge in [-0.3, -0.25) is 4.79 Å². The topological polar surface area (TPSA) is 68.0 Å². The van der Waals surface area contributed by atoms with Crippen LogP contribution < -0.4 is 5.32 Å². The molecule has 1 aromatic heterocycles. The van der Waals surface area contributed by atoms with Gasteiger partial charge in [-0.2, -0.15) is 0 Å². The lowest BCUT2D eigenvalue weighted by atomic mass is 10.1. The van der Waals surface area contributed by atoms with E-state index in [0.717, 1.165) is 12.1 Å². The number of aryl methyl sites for hydroxylation is 2. The van der Waals surface area contributed by atoms with Gasteiger partial charge in [-0.25, -0.2) is 4.39 Å². The minimum Gasteiger partial charge on any atom is -0.421 e. The zero-order valence-electron chi connectivity index (χ0n) is 13.8. The second-order valence-corrected chi connectivity index (χ2v) is 5.61. The van der Waals surface area contributed by atoms with Gasteiger partial charge in [0.15, 0.2) is 0 Å². The van der Waals surface area contributed by atoms with Crippen LogP contribution in [-0.2, 0) is 17.6 Å². The van der Waals surface area contributed by atoms with E-state index < -0.39 is 0 Å². The molecule has 0 atom stereocenters. The number of rotatable bonds is 6. The molecular weight excluding hydrogens is 321 g/mol. The third-order valence-corrected chi connectivity index (χ3v) is 3.77. The van der Waals surface area contributed by atoms with Gasteiger partial charge in [0.1, 0.15) is 5.82 Å². The normalized spacial score (nSPS) is 10.6. The number of carbonyl (C=O) groups is 1. The molecule has 3 aromatic rings. The number of carbonyl (C=O) groups excluding carboxylic acids is 1. The molecular formula is C19H18FN3O2. The van der Waals surface area contributed by atoms with Crippen LogP contribution in [0.3, 0.4) is 0 Å². The maximum atomic E-state index is 12.9. The summed E-state index contributed by atoms with van der Waals surface area (Å²) in [5, 5.41) is 10.7. The van der Waals surface area contributed by atoms with Crippen LogP contribution in [0.5, 0.6) is 0 Å². The largest absolute Gasteiger partial charge is 0.421 e. The molecule has 0 fully saturated rings. The van der Waals surface area contributed by atoms with E-state index in [4.69, 9.17) is 4.42 Å². The number of halogens is 1. The van der Waals surface area contributed by atoms with Gasteiger partial charge in [-0.05, 0) is 48.4 Å². The van der Waals surface area contributed by atoms with Crippen LogP contribution in [0.1, 0.15) is 24.8 Å². The number of amides is 1. The minimum atomic E-state index is -0.327. The Balaban J connectivity index is 1.54. The Morgan fingerprint density at radius 2 is 1.80 bits per heavy atom. The molecule has 0 bridgehead atoms. The number of nitrogens with one attached hydrogen (secondary N) is 1. The summed E-state index contributed by atoms with van der Waals surface area (Å²) in [6.07, 6.45) is 1.54. The fraction of sp³-hybridized carbons (Fsp3) is 0.211. The summed E-state index contributed by atoms with van der Waals surface area (Å²) < 4.78 is 18.4. The summed E-state index contributed by atoms with van der Waals surface area (Å²) in [7, 11) is 0. The van der Waals surface area contributed by atoms with Gasteiger partial charge >= 0.3 is 0 Å². The van der Waals surface area contributed by atoms with E-state index in [0.29, 0.717) is 23.8 Å². The summed E-state index contributed by atoms with van der Waals surface area (Å²) >= 11 is 0. The first-order chi connectivity index (χ1) is 12.1. The van der Waals surface area contributed by atoms with E-state index in [1.54, 1.807) is 12.1 Å². The first-order valence-corrected chi connectivity index (χ1v) is 8.11. The van der Waals surface area contributed by atoms with Gasteiger partial charge in [0.2, 0.25) is 17.7 Å². The molecule has 3 rings (SSSR count). The number of hydrogen-bond donors (Lipinski definition) is 1. The molecule has 1 heterocycles. The van der Waals surface area contributed by atoms with Crippen LogP contribution in [0.15, 0.2) is 52.9 Å². The third kappa shape index (κ3) is 4.50. The molecule has 128 valence electrons. The van der Waals surface area contributed by atoms with Crippen molar-refractivity contribution in [1.29, 1.82) is 0 Å². The Bertz CT molecular complexity index is 842. The Labute approximate surface area is 144 Å². The Kier molecular flexibility index (Phi) is 5.18. The molecule has 0 saturated carbocycles. The van der Waals surface area contributed by atoms with Crippen LogP contribution in [-0.4, -0.2) is 16.1 Å². The average Bonchev–Trinajstić information content (AvgIpc) is 3.10. The predicted octanol–water partition coefficient (Wildman–Crippen LogP) is 4.01. The number of nitrogens with zero attached hydrogens (tertiary/aromatic N) is 2. The van der Waals surface area contributed by atoms with Crippen LogP contribution in [0.25, 0.3) is 11.5 Å². The predicted molar refractivity (Wildman–Crippen MR) is 92.5 cm³/mol. The van der Waals surface area contributed by atoms with Gasteiger partial charge in [0, 0.05) is 24.1 Å². The highest BCUT2D eigenvalue weighted by Gasteiger charge is 2.11. The highest BCUT2D eigenvalue weighted by Crippen LogP contribution is 2.18. The maximum absolute atomic E-state index is 12.9. The number of aromatic nitrogens is 2. The molecule has 0 aliphatic rings. The van der Waals surface area contributed by atoms with Crippen LogP contribution in [0.4, 0.5) is 10.1 Å². The molecule has 0 unspecified atom stereocenters. The van der Waals surface area contributed by atoms with Crippen molar-refractivity contribution < 1.29 is 13.6 Å². The van der Waals surface area contributed by atoms with Gasteiger partial charge in [-0.1, -0.05) is 19.1 Å². The molecule has 0 aliphatic heterocycles. The summed E-state index contributed by atoms with van der Waals surface area (Å²) in [5.41, 5.74) is 2.62. The van der Waals surface area contributed by atoms with Crippen molar-refractivity contribution in [2.45, 2.75) is 26.2 Å². The van der Waals surface area contributed by atoms with Crippen molar-refractivity contribution in [3.63, 3.8) is 0 Å². The van der Waals surface area contributed by atoms with Gasteiger partial charge in [0.05, 0.1) is 0 Å². The highest BCUT2D eigenvalue weighted by atomic mass is 19.1. The molecule has 2 aromatic carbocycles. The van der Waals surface area contributed by atoms with Crippen LogP contribution in [0.2, 0.25) is 0 Å². The molecule has 6 heteroatoms. The van der Waals surface area contributed by atoms with E-state index in [2.05, 4.69) is 22.4 Å². The molecule has 1 N–H and O–H groups in total. The molecule has 0 radical (unpaired) electrons. The lowest BCUT2D eigenvalue weighted by Gasteiger charge is -2.05. The Hall–Kier alpha value is -3.02. The summed E-state index contributed by atoms with van der Waals surface area (Å²) in [6, 6.07) is 13.5. The summed E-state index contributed by atoms with van der Waals surface area (Å²) in [5.74, 6) is 0.235. The van der Waals surface area contributed by atoms with Crippen molar-refractivity contribution >= 4 is 11.6 Å². The van der Waals surface area contributed by atoms with Gasteiger partial charge in [-0.15, -0.1) is 10.2 Å². The highest BCUT2D eigenvalue weighted by molar-refractivity contribution is 5.90. The maximum Gasteiger partial charge on any atom is 0.247 e. The zero-order chi connectivity index (χ0) is 17.6. The fourth-order valence-electron chi connectivity index (χ4n) is 2.33. The minimum absolute atomic E-state index is 0.120. The quantitative estimate of drug-likeness (QED) is 0.737. The Morgan fingerprint density at radius 3 is 2.48 bits per heavy atom. The van der Waals surface area contributed by atoms with E-state index in [9.17, 15) is 9.18 Å². The lowest BCUT2D eigenvalue weighted by molar-refractivity contribution is -0.116. The molecule has 25 heavy (non-hydrogen) atoms. The Morgan fingerprint density at radius 1 is 1.08 bits per heavy atom. The summed E-state index contributed by atoms with van der Waals surface area (Å²) in [4.78, 5) is 12.0. The van der Waals surface area contributed by atoms with Crippen molar-refractivity contribution in [1.82, 2.24) is 10.2 Å². The van der Waals surface area contributed by atoms with E-state index in [-0.39, 0.29) is 18.1 Å². The average molecular weight is 339 g/mol. The standard InChI is InChI=1S/C19H18FN3O2/c1-2-13-3-9-16(10-4-13)21-17(24)11-12-18-22-23-19(25-18)14-5-7-15(20)8-6-14/h3-10H,2,11-12H2,1H3,(H,21,24). The van der Waals surface area contributed by atoms with Crippen molar-refractivity contribution in [2.75, 3.05) is 5.32 Å². The van der Waals surface area contributed by atoms with E-state index >= 15 is 0 Å². The zero-order valence-corrected chi connectivity index (χ0v) is 13.8. The van der Waals surface area contributed by atoms with Crippen LogP contribution in [0, 0.1) is 5.82 Å². The SMILES string of the molecule is CCc1ccc(NC(=O)CCc2nnc(-c3ccc(F)cc3)o2)cc1. The fourth-order valence-corrected chi connectivity index (χ4v) is 2.33. The van der Waals surface area contributed by atoms with Crippen molar-refractivity contribution in [3.05, 3.63) is 65.8 Å². The second kappa shape index (κ2) is 7.70. The number of anilines is 1.